The number of amides is 2. The molecular weight excluding hydrogens is 522 g/mol. The lowest BCUT2D eigenvalue weighted by Crippen LogP contribution is -2.51. The monoisotopic (exact) mass is 553 g/mol. The topological polar surface area (TPSA) is 172 Å². The van der Waals surface area contributed by atoms with Crippen LogP contribution in [0.15, 0.2) is 24.3 Å². The highest BCUT2D eigenvalue weighted by atomic mass is 35.5. The van der Waals surface area contributed by atoms with Crippen LogP contribution in [-0.2, 0) is 23.9 Å². The molecule has 13 heteroatoms. The number of anilines is 1. The minimum absolute atomic E-state index is 0.00643. The van der Waals surface area contributed by atoms with Crippen molar-refractivity contribution in [2.75, 3.05) is 25.6 Å². The number of halogens is 1. The van der Waals surface area contributed by atoms with Gasteiger partial charge < -0.3 is 30.3 Å². The maximum atomic E-state index is 12.9. The second-order valence-corrected chi connectivity index (χ2v) is 9.13. The number of methoxy groups -OCH3 is 1. The van der Waals surface area contributed by atoms with Gasteiger partial charge in [-0.3, -0.25) is 19.3 Å². The summed E-state index contributed by atoms with van der Waals surface area (Å²) in [6, 6.07) is 3.57. The number of hydrogen-bond donors (Lipinski definition) is 4. The summed E-state index contributed by atoms with van der Waals surface area (Å²) in [6.45, 7) is 3.87. The first kappa shape index (κ1) is 30.6. The molecular formula is C25H32ClN3O9. The maximum Gasteiger partial charge on any atom is 0.328 e. The zero-order valence-electron chi connectivity index (χ0n) is 21.4. The van der Waals surface area contributed by atoms with Crippen molar-refractivity contribution in [2.45, 2.75) is 57.7 Å². The van der Waals surface area contributed by atoms with Crippen LogP contribution in [0.5, 0.6) is 5.75 Å². The van der Waals surface area contributed by atoms with Crippen LogP contribution >= 0.6 is 11.6 Å². The Hall–Kier alpha value is -3.64. The Bertz CT molecular complexity index is 1060. The van der Waals surface area contributed by atoms with Crippen LogP contribution in [-0.4, -0.2) is 83.2 Å². The van der Waals surface area contributed by atoms with Gasteiger partial charge in [0.05, 0.1) is 36.5 Å². The summed E-state index contributed by atoms with van der Waals surface area (Å²) in [6.07, 6.45) is 4.70. The van der Waals surface area contributed by atoms with Crippen molar-refractivity contribution in [1.29, 1.82) is 0 Å². The Balaban J connectivity index is 0.000000550. The molecule has 0 spiro atoms. The number of piperidine rings is 1. The van der Waals surface area contributed by atoms with Crippen molar-refractivity contribution in [1.82, 2.24) is 10.2 Å². The molecule has 2 atom stereocenters. The van der Waals surface area contributed by atoms with Gasteiger partial charge in [-0.15, -0.1) is 0 Å². The number of carboxylic acids is 2. The molecule has 1 aromatic rings. The van der Waals surface area contributed by atoms with E-state index in [9.17, 15) is 24.0 Å². The van der Waals surface area contributed by atoms with E-state index in [1.165, 1.54) is 20.1 Å². The van der Waals surface area contributed by atoms with Gasteiger partial charge in [-0.2, -0.15) is 0 Å². The van der Waals surface area contributed by atoms with E-state index in [1.54, 1.807) is 13.0 Å². The molecule has 0 radical (unpaired) electrons. The number of carbonyl (C=O) groups is 5. The summed E-state index contributed by atoms with van der Waals surface area (Å²) >= 11 is 6.24. The summed E-state index contributed by atoms with van der Waals surface area (Å²) in [4.78, 5) is 57.5. The molecule has 1 aromatic carbocycles. The van der Waals surface area contributed by atoms with Crippen molar-refractivity contribution < 1.29 is 43.7 Å². The van der Waals surface area contributed by atoms with Crippen LogP contribution in [0, 0.1) is 0 Å². The zero-order valence-corrected chi connectivity index (χ0v) is 22.1. The molecule has 2 aliphatic rings. The Morgan fingerprint density at radius 2 is 1.66 bits per heavy atom. The SMILES string of the molecule is CCOC(=O)CN1C2CCC1CC(NC(=O)c1cc(Cl)c(NC(C)=O)cc1OC)C2.O=C(O)/C=C\C(=O)O. The van der Waals surface area contributed by atoms with Gasteiger partial charge in [-0.25, -0.2) is 9.59 Å². The molecule has 12 nitrogen and oxygen atoms in total. The number of nitrogens with one attached hydrogen (secondary N) is 2. The molecule has 2 heterocycles. The first-order valence-corrected chi connectivity index (χ1v) is 12.3. The number of esters is 1. The average Bonchev–Trinajstić information content (AvgIpc) is 3.06. The van der Waals surface area contributed by atoms with Crippen molar-refractivity contribution in [3.05, 3.63) is 34.9 Å². The Morgan fingerprint density at radius 3 is 2.13 bits per heavy atom. The van der Waals surface area contributed by atoms with Crippen LogP contribution in [0.25, 0.3) is 0 Å². The number of carbonyl (C=O) groups excluding carboxylic acids is 3. The van der Waals surface area contributed by atoms with E-state index in [1.807, 2.05) is 0 Å². The fourth-order valence-electron chi connectivity index (χ4n) is 4.60. The van der Waals surface area contributed by atoms with Crippen molar-refractivity contribution in [3.63, 3.8) is 0 Å². The van der Waals surface area contributed by atoms with E-state index in [0.717, 1.165) is 25.7 Å². The number of hydrogen-bond acceptors (Lipinski definition) is 8. The number of benzene rings is 1. The standard InChI is InChI=1S/C21H28ClN3O5.C4H4O4/c1-4-30-20(27)11-25-14-5-6-15(25)8-13(7-14)24-21(28)16-9-17(22)18(23-12(2)26)10-19(16)29-3;5-3(6)1-2-4(7)8/h9-10,13-15H,4-8,11H2,1-3H3,(H,23,26)(H,24,28);1-2H,(H,5,6)(H,7,8)/b;2-1-. The van der Waals surface area contributed by atoms with Gasteiger partial charge in [0.1, 0.15) is 5.75 Å². The number of ether oxygens (including phenoxy) is 2. The number of nitrogens with zero attached hydrogens (tertiary/aromatic N) is 1. The molecule has 2 aliphatic heterocycles. The molecule has 0 saturated carbocycles. The third-order valence-corrected chi connectivity index (χ3v) is 6.36. The lowest BCUT2D eigenvalue weighted by Gasteiger charge is -2.38. The third-order valence-electron chi connectivity index (χ3n) is 6.05. The van der Waals surface area contributed by atoms with Crippen molar-refractivity contribution >= 4 is 47.0 Å². The maximum absolute atomic E-state index is 12.9. The molecule has 0 aliphatic carbocycles. The van der Waals surface area contributed by atoms with Crippen LogP contribution in [0.4, 0.5) is 5.69 Å². The Kier molecular flexibility index (Phi) is 11.5. The Morgan fingerprint density at radius 1 is 1.08 bits per heavy atom. The Labute approximate surface area is 224 Å². The first-order chi connectivity index (χ1) is 17.9. The highest BCUT2D eigenvalue weighted by Gasteiger charge is 2.42. The van der Waals surface area contributed by atoms with E-state index < -0.39 is 11.9 Å². The molecule has 2 bridgehead atoms. The molecule has 2 amide bonds. The van der Waals surface area contributed by atoms with Crippen LogP contribution in [0.1, 0.15) is 49.9 Å². The molecule has 38 heavy (non-hydrogen) atoms. The van der Waals surface area contributed by atoms with E-state index in [4.69, 9.17) is 31.3 Å². The highest BCUT2D eigenvalue weighted by Crippen LogP contribution is 2.36. The van der Waals surface area contributed by atoms with Gasteiger partial charge in [0.2, 0.25) is 5.91 Å². The zero-order chi connectivity index (χ0) is 28.4. The third kappa shape index (κ3) is 9.03. The lowest BCUT2D eigenvalue weighted by atomic mass is 9.96. The second kappa shape index (κ2) is 14.3. The number of aliphatic carboxylic acids is 2. The van der Waals surface area contributed by atoms with E-state index in [0.29, 0.717) is 42.3 Å². The highest BCUT2D eigenvalue weighted by molar-refractivity contribution is 6.34. The number of fused-ring (bicyclic) bond motifs is 2. The fraction of sp³-hybridized carbons (Fsp3) is 0.480. The van der Waals surface area contributed by atoms with Gasteiger partial charge in [0.15, 0.2) is 0 Å². The fourth-order valence-corrected chi connectivity index (χ4v) is 4.81. The van der Waals surface area contributed by atoms with Gasteiger partial charge >= 0.3 is 17.9 Å². The predicted molar refractivity (Wildman–Crippen MR) is 137 cm³/mol. The molecule has 2 fully saturated rings. The number of carboxylic acid groups (broad SMARTS) is 2. The van der Waals surface area contributed by atoms with Gasteiger partial charge in [0, 0.05) is 43.3 Å². The summed E-state index contributed by atoms with van der Waals surface area (Å²) in [7, 11) is 1.46. The first-order valence-electron chi connectivity index (χ1n) is 12.0. The summed E-state index contributed by atoms with van der Waals surface area (Å²) in [5.74, 6) is -2.91. The normalized spacial score (nSPS) is 20.2. The van der Waals surface area contributed by atoms with Gasteiger partial charge in [-0.05, 0) is 38.7 Å². The van der Waals surface area contributed by atoms with Gasteiger partial charge in [0.25, 0.3) is 5.91 Å². The summed E-state index contributed by atoms with van der Waals surface area (Å²) in [5, 5.41) is 21.6. The van der Waals surface area contributed by atoms with E-state index in [2.05, 4.69) is 15.5 Å². The van der Waals surface area contributed by atoms with Crippen LogP contribution in [0.3, 0.4) is 0 Å². The average molecular weight is 554 g/mol. The molecule has 0 aromatic heterocycles. The van der Waals surface area contributed by atoms with E-state index in [-0.39, 0.29) is 40.9 Å². The lowest BCUT2D eigenvalue weighted by molar-refractivity contribution is -0.145. The molecule has 4 N–H and O–H groups in total. The summed E-state index contributed by atoms with van der Waals surface area (Å²) in [5.41, 5.74) is 0.709. The second-order valence-electron chi connectivity index (χ2n) is 8.73. The largest absolute Gasteiger partial charge is 0.496 e. The quantitative estimate of drug-likeness (QED) is 0.262. The van der Waals surface area contributed by atoms with Crippen molar-refractivity contribution in [2.24, 2.45) is 0 Å². The molecule has 208 valence electrons. The summed E-state index contributed by atoms with van der Waals surface area (Å²) < 4.78 is 10.4. The van der Waals surface area contributed by atoms with Gasteiger partial charge in [-0.1, -0.05) is 11.6 Å². The minimum Gasteiger partial charge on any atom is -0.496 e. The minimum atomic E-state index is -1.26. The smallest absolute Gasteiger partial charge is 0.328 e. The van der Waals surface area contributed by atoms with E-state index >= 15 is 0 Å². The number of rotatable bonds is 9. The van der Waals surface area contributed by atoms with Crippen LogP contribution < -0.4 is 15.4 Å². The predicted octanol–water partition coefficient (Wildman–Crippen LogP) is 2.31. The molecule has 2 unspecified atom stereocenters. The van der Waals surface area contributed by atoms with Crippen molar-refractivity contribution in [3.8, 4) is 5.75 Å². The molecule has 2 saturated heterocycles. The molecule has 3 rings (SSSR count). The van der Waals surface area contributed by atoms with Crippen LogP contribution in [0.2, 0.25) is 5.02 Å².